The normalized spacial score (nSPS) is 32.8. The first kappa shape index (κ1) is 10.0. The van der Waals surface area contributed by atoms with Crippen LogP contribution in [-0.2, 0) is 4.74 Å². The number of aliphatic hydroxyl groups is 1. The van der Waals surface area contributed by atoms with Crippen molar-refractivity contribution in [2.24, 2.45) is 11.8 Å². The fourth-order valence-electron chi connectivity index (χ4n) is 1.83. The highest BCUT2D eigenvalue weighted by Gasteiger charge is 2.30. The van der Waals surface area contributed by atoms with E-state index in [0.717, 1.165) is 19.4 Å². The Morgan fingerprint density at radius 1 is 1.50 bits per heavy atom. The molecule has 1 heterocycles. The zero-order valence-electron chi connectivity index (χ0n) is 8.29. The summed E-state index contributed by atoms with van der Waals surface area (Å²) in [6, 6.07) is 0. The van der Waals surface area contributed by atoms with Gasteiger partial charge >= 0.3 is 0 Å². The molecule has 0 saturated carbocycles. The molecule has 0 radical (unpaired) electrons. The predicted octanol–water partition coefficient (Wildman–Crippen LogP) is 1.82. The molecular weight excluding hydrogens is 152 g/mol. The first-order valence-electron chi connectivity index (χ1n) is 4.91. The Morgan fingerprint density at radius 2 is 2.17 bits per heavy atom. The fourth-order valence-corrected chi connectivity index (χ4v) is 1.83. The first-order valence-corrected chi connectivity index (χ1v) is 4.91. The zero-order chi connectivity index (χ0) is 9.14. The zero-order valence-corrected chi connectivity index (χ0v) is 8.29. The Bertz CT molecular complexity index is 134. The average molecular weight is 172 g/mol. The third-order valence-corrected chi connectivity index (χ3v) is 2.54. The lowest BCUT2D eigenvalue weighted by molar-refractivity contribution is -0.0252. The van der Waals surface area contributed by atoms with Gasteiger partial charge < -0.3 is 9.84 Å². The topological polar surface area (TPSA) is 29.5 Å². The van der Waals surface area contributed by atoms with Crippen LogP contribution in [0.25, 0.3) is 0 Å². The largest absolute Gasteiger partial charge is 0.390 e. The van der Waals surface area contributed by atoms with Gasteiger partial charge in [-0.2, -0.15) is 0 Å². The van der Waals surface area contributed by atoms with Crippen molar-refractivity contribution in [3.05, 3.63) is 0 Å². The van der Waals surface area contributed by atoms with Crippen LogP contribution in [0.5, 0.6) is 0 Å². The van der Waals surface area contributed by atoms with Gasteiger partial charge in [0.1, 0.15) is 0 Å². The molecule has 1 fully saturated rings. The van der Waals surface area contributed by atoms with E-state index < -0.39 is 0 Å². The summed E-state index contributed by atoms with van der Waals surface area (Å²) >= 11 is 0. The molecule has 0 spiro atoms. The van der Waals surface area contributed by atoms with E-state index in [0.29, 0.717) is 11.8 Å². The van der Waals surface area contributed by atoms with Gasteiger partial charge in [0.2, 0.25) is 0 Å². The van der Waals surface area contributed by atoms with Crippen LogP contribution >= 0.6 is 0 Å². The molecule has 3 atom stereocenters. The van der Waals surface area contributed by atoms with Crippen LogP contribution in [0.2, 0.25) is 0 Å². The summed E-state index contributed by atoms with van der Waals surface area (Å²) in [6.45, 7) is 7.23. The molecule has 1 aliphatic rings. The van der Waals surface area contributed by atoms with Gasteiger partial charge in [-0.05, 0) is 24.7 Å². The molecule has 1 saturated heterocycles. The van der Waals surface area contributed by atoms with E-state index in [-0.39, 0.29) is 12.2 Å². The molecule has 1 rings (SSSR count). The minimum atomic E-state index is -0.262. The second-order valence-electron chi connectivity index (χ2n) is 4.30. The predicted molar refractivity (Wildman–Crippen MR) is 49.0 cm³/mol. The third-order valence-electron chi connectivity index (χ3n) is 2.54. The van der Waals surface area contributed by atoms with Crippen molar-refractivity contribution >= 4 is 0 Å². The standard InChI is InChI=1S/C10H20O2/c1-7(2)6-9(11)10-8(3)4-5-12-10/h7-11H,4-6H2,1-3H3/t8-,9+,10+/m1/s1. The summed E-state index contributed by atoms with van der Waals surface area (Å²) in [5.41, 5.74) is 0. The molecule has 0 aliphatic carbocycles. The van der Waals surface area contributed by atoms with Crippen molar-refractivity contribution in [2.75, 3.05) is 6.61 Å². The van der Waals surface area contributed by atoms with Crippen molar-refractivity contribution in [1.29, 1.82) is 0 Å². The second kappa shape index (κ2) is 4.24. The van der Waals surface area contributed by atoms with Crippen molar-refractivity contribution in [3.8, 4) is 0 Å². The van der Waals surface area contributed by atoms with E-state index in [1.165, 1.54) is 0 Å². The monoisotopic (exact) mass is 172 g/mol. The second-order valence-corrected chi connectivity index (χ2v) is 4.30. The lowest BCUT2D eigenvalue weighted by atomic mass is 9.94. The highest BCUT2D eigenvalue weighted by Crippen LogP contribution is 2.25. The van der Waals surface area contributed by atoms with Gasteiger partial charge in [0, 0.05) is 6.61 Å². The molecule has 1 N–H and O–H groups in total. The molecule has 0 aromatic carbocycles. The maximum atomic E-state index is 9.76. The molecule has 0 bridgehead atoms. The Kier molecular flexibility index (Phi) is 3.53. The molecule has 72 valence electrons. The highest BCUT2D eigenvalue weighted by molar-refractivity contribution is 4.79. The van der Waals surface area contributed by atoms with E-state index in [4.69, 9.17) is 4.74 Å². The maximum absolute atomic E-state index is 9.76. The van der Waals surface area contributed by atoms with E-state index in [1.54, 1.807) is 0 Å². The quantitative estimate of drug-likeness (QED) is 0.703. The summed E-state index contributed by atoms with van der Waals surface area (Å²) in [6.07, 6.45) is 1.78. The maximum Gasteiger partial charge on any atom is 0.0860 e. The molecule has 1 aliphatic heterocycles. The molecule has 0 aromatic rings. The molecule has 2 heteroatoms. The minimum Gasteiger partial charge on any atom is -0.390 e. The van der Waals surface area contributed by atoms with Gasteiger partial charge in [0.15, 0.2) is 0 Å². The van der Waals surface area contributed by atoms with Crippen LogP contribution in [-0.4, -0.2) is 23.9 Å². The molecule has 12 heavy (non-hydrogen) atoms. The van der Waals surface area contributed by atoms with Crippen LogP contribution in [0.1, 0.15) is 33.6 Å². The van der Waals surface area contributed by atoms with Gasteiger partial charge in [-0.15, -0.1) is 0 Å². The van der Waals surface area contributed by atoms with Crippen molar-refractivity contribution in [2.45, 2.75) is 45.8 Å². The van der Waals surface area contributed by atoms with Crippen molar-refractivity contribution in [3.63, 3.8) is 0 Å². The number of hydrogen-bond donors (Lipinski definition) is 1. The summed E-state index contributed by atoms with van der Waals surface area (Å²) in [5.74, 6) is 1.08. The lowest BCUT2D eigenvalue weighted by Crippen LogP contribution is -2.31. The van der Waals surface area contributed by atoms with Gasteiger partial charge in [-0.25, -0.2) is 0 Å². The van der Waals surface area contributed by atoms with Gasteiger partial charge in [-0.3, -0.25) is 0 Å². The Labute approximate surface area is 74.9 Å². The summed E-state index contributed by atoms with van der Waals surface area (Å²) in [4.78, 5) is 0. The first-order chi connectivity index (χ1) is 5.61. The molecular formula is C10H20O2. The number of ether oxygens (including phenoxy) is 1. The molecule has 0 aromatic heterocycles. The van der Waals surface area contributed by atoms with E-state index in [1.807, 2.05) is 0 Å². The van der Waals surface area contributed by atoms with Crippen LogP contribution in [0.15, 0.2) is 0 Å². The van der Waals surface area contributed by atoms with Crippen LogP contribution in [0, 0.1) is 11.8 Å². The number of rotatable bonds is 3. The Morgan fingerprint density at radius 3 is 2.58 bits per heavy atom. The van der Waals surface area contributed by atoms with Crippen LogP contribution < -0.4 is 0 Å². The van der Waals surface area contributed by atoms with Crippen LogP contribution in [0.4, 0.5) is 0 Å². The summed E-state index contributed by atoms with van der Waals surface area (Å²) in [7, 11) is 0. The van der Waals surface area contributed by atoms with Crippen molar-refractivity contribution in [1.82, 2.24) is 0 Å². The van der Waals surface area contributed by atoms with E-state index in [2.05, 4.69) is 20.8 Å². The fraction of sp³-hybridized carbons (Fsp3) is 1.00. The molecule has 2 nitrogen and oxygen atoms in total. The van der Waals surface area contributed by atoms with Gasteiger partial charge in [-0.1, -0.05) is 20.8 Å². The number of hydrogen-bond acceptors (Lipinski definition) is 2. The van der Waals surface area contributed by atoms with E-state index in [9.17, 15) is 5.11 Å². The smallest absolute Gasteiger partial charge is 0.0860 e. The van der Waals surface area contributed by atoms with Crippen LogP contribution in [0.3, 0.4) is 0 Å². The summed E-state index contributed by atoms with van der Waals surface area (Å²) < 4.78 is 5.48. The molecule has 0 amide bonds. The summed E-state index contributed by atoms with van der Waals surface area (Å²) in [5, 5.41) is 9.76. The third kappa shape index (κ3) is 2.46. The lowest BCUT2D eigenvalue weighted by Gasteiger charge is -2.22. The Hall–Kier alpha value is -0.0800. The number of aliphatic hydroxyl groups excluding tert-OH is 1. The molecule has 0 unspecified atom stereocenters. The van der Waals surface area contributed by atoms with Crippen molar-refractivity contribution < 1.29 is 9.84 Å². The Balaban J connectivity index is 2.35. The SMILES string of the molecule is CC(C)C[C@H](O)[C@H]1OCC[C@H]1C. The van der Waals surface area contributed by atoms with Gasteiger partial charge in [0.05, 0.1) is 12.2 Å². The highest BCUT2D eigenvalue weighted by atomic mass is 16.5. The minimum absolute atomic E-state index is 0.0902. The van der Waals surface area contributed by atoms with Gasteiger partial charge in [0.25, 0.3) is 0 Å². The average Bonchev–Trinajstić information content (AvgIpc) is 2.33. The van der Waals surface area contributed by atoms with E-state index >= 15 is 0 Å².